The van der Waals surface area contributed by atoms with Crippen LogP contribution in [0.5, 0.6) is 0 Å². The highest BCUT2D eigenvalue weighted by molar-refractivity contribution is 5.97. The average molecular weight is 112 g/mol. The number of nitrogens with two attached hydrogens (primary N) is 1. The van der Waals surface area contributed by atoms with Crippen LogP contribution in [-0.4, -0.2) is 29.8 Å². The molecule has 2 N–H and O–H groups in total. The zero-order chi connectivity index (χ0) is 6.15. The summed E-state index contributed by atoms with van der Waals surface area (Å²) >= 11 is 0. The molecule has 0 saturated carbocycles. The predicted octanol–water partition coefficient (Wildman–Crippen LogP) is -0.582. The van der Waals surface area contributed by atoms with Crippen molar-refractivity contribution in [3.8, 4) is 0 Å². The van der Waals surface area contributed by atoms with E-state index in [0.29, 0.717) is 5.96 Å². The second kappa shape index (κ2) is 1.58. The Morgan fingerprint density at radius 3 is 2.50 bits per heavy atom. The summed E-state index contributed by atoms with van der Waals surface area (Å²) < 4.78 is 1.91. The molecule has 1 aliphatic heterocycles. The summed E-state index contributed by atoms with van der Waals surface area (Å²) in [5.41, 5.74) is 6.51. The number of guanidine groups is 1. The molecule has 8 heavy (non-hydrogen) atoms. The number of rotatable bonds is 0. The lowest BCUT2D eigenvalue weighted by atomic mass is 10.4. The van der Waals surface area contributed by atoms with Gasteiger partial charge in [-0.3, -0.25) is 10.3 Å². The first-order chi connectivity index (χ1) is 3.70. The van der Waals surface area contributed by atoms with Gasteiger partial charge in [-0.05, 0) is 6.92 Å². The summed E-state index contributed by atoms with van der Waals surface area (Å²) in [6, 6.07) is 0. The van der Waals surface area contributed by atoms with Crippen molar-refractivity contribution in [3.05, 3.63) is 0 Å². The molecule has 1 rings (SSSR count). The lowest BCUT2D eigenvalue weighted by molar-refractivity contribution is -0.479. The summed E-state index contributed by atoms with van der Waals surface area (Å²) in [5, 5.41) is 0. The maximum Gasteiger partial charge on any atom is 0.384 e. The first-order valence-corrected chi connectivity index (χ1v) is 2.58. The van der Waals surface area contributed by atoms with E-state index in [2.05, 4.69) is 4.99 Å². The topological polar surface area (TPSA) is 41.4 Å². The van der Waals surface area contributed by atoms with Gasteiger partial charge in [-0.1, -0.05) is 4.99 Å². The molecule has 1 aliphatic rings. The first-order valence-electron chi connectivity index (χ1n) is 2.58. The summed E-state index contributed by atoms with van der Waals surface area (Å²) in [5.74, 6) is 0.627. The van der Waals surface area contributed by atoms with Crippen molar-refractivity contribution in [2.75, 3.05) is 13.6 Å². The Morgan fingerprint density at radius 1 is 1.75 bits per heavy atom. The third-order valence-electron chi connectivity index (χ3n) is 1.16. The quantitative estimate of drug-likeness (QED) is 0.418. The van der Waals surface area contributed by atoms with Crippen LogP contribution in [0, 0.1) is 0 Å². The Bertz CT molecular complexity index is 167. The molecule has 0 saturated heterocycles. The van der Waals surface area contributed by atoms with Crippen molar-refractivity contribution < 1.29 is 4.58 Å². The standard InChI is InChI=1S/C5H9N3/c1-4-3-8(2)5(6)7-4/h6H,3H2,1-2H3/p+1. The maximum absolute atomic E-state index is 5.42. The Morgan fingerprint density at radius 2 is 2.38 bits per heavy atom. The van der Waals surface area contributed by atoms with Crippen LogP contribution in [-0.2, 0) is 0 Å². The molecular weight excluding hydrogens is 102 g/mol. The molecule has 0 radical (unpaired) electrons. The van der Waals surface area contributed by atoms with Crippen LogP contribution in [0.1, 0.15) is 6.92 Å². The fourth-order valence-electron chi connectivity index (χ4n) is 0.740. The van der Waals surface area contributed by atoms with Gasteiger partial charge in [0.1, 0.15) is 12.3 Å². The second-order valence-corrected chi connectivity index (χ2v) is 2.06. The lowest BCUT2D eigenvalue weighted by Crippen LogP contribution is -2.19. The fourth-order valence-corrected chi connectivity index (χ4v) is 0.740. The molecule has 0 atom stereocenters. The van der Waals surface area contributed by atoms with E-state index in [1.807, 2.05) is 18.5 Å². The number of hydrogen-bond donors (Lipinski definition) is 1. The Hall–Kier alpha value is -0.860. The molecule has 0 bridgehead atoms. The highest BCUT2D eigenvalue weighted by Gasteiger charge is 2.13. The number of aliphatic imine (C=N–C) groups is 1. The molecule has 1 heterocycles. The average Bonchev–Trinajstić information content (AvgIpc) is 1.85. The highest BCUT2D eigenvalue weighted by Crippen LogP contribution is 1.87. The molecule has 0 amide bonds. The van der Waals surface area contributed by atoms with Crippen LogP contribution in [0.3, 0.4) is 0 Å². The Kier molecular flexibility index (Phi) is 1.04. The molecule has 3 heteroatoms. The Labute approximate surface area is 48.5 Å². The molecule has 0 aromatic carbocycles. The zero-order valence-corrected chi connectivity index (χ0v) is 5.18. The van der Waals surface area contributed by atoms with Crippen LogP contribution < -0.4 is 5.73 Å². The van der Waals surface area contributed by atoms with Crippen molar-refractivity contribution in [1.29, 1.82) is 0 Å². The van der Waals surface area contributed by atoms with E-state index in [1.54, 1.807) is 0 Å². The summed E-state index contributed by atoms with van der Waals surface area (Å²) in [6.07, 6.45) is 0. The minimum atomic E-state index is 0.627. The molecule has 3 nitrogen and oxygen atoms in total. The first kappa shape index (κ1) is 5.28. The van der Waals surface area contributed by atoms with Crippen molar-refractivity contribution in [2.24, 2.45) is 10.7 Å². The van der Waals surface area contributed by atoms with Gasteiger partial charge in [0.15, 0.2) is 0 Å². The van der Waals surface area contributed by atoms with Crippen molar-refractivity contribution in [1.82, 2.24) is 0 Å². The molecule has 0 aromatic rings. The second-order valence-electron chi connectivity index (χ2n) is 2.06. The van der Waals surface area contributed by atoms with E-state index in [0.717, 1.165) is 12.3 Å². The predicted molar refractivity (Wildman–Crippen MR) is 33.4 cm³/mol. The van der Waals surface area contributed by atoms with Gasteiger partial charge >= 0.3 is 5.96 Å². The van der Waals surface area contributed by atoms with E-state index < -0.39 is 0 Å². The zero-order valence-electron chi connectivity index (χ0n) is 5.18. The van der Waals surface area contributed by atoms with Crippen molar-refractivity contribution >= 4 is 11.7 Å². The highest BCUT2D eigenvalue weighted by atomic mass is 15.2. The van der Waals surface area contributed by atoms with E-state index in [1.165, 1.54) is 0 Å². The summed E-state index contributed by atoms with van der Waals surface area (Å²) in [7, 11) is 1.93. The van der Waals surface area contributed by atoms with E-state index >= 15 is 0 Å². The van der Waals surface area contributed by atoms with Gasteiger partial charge < -0.3 is 0 Å². The third-order valence-corrected chi connectivity index (χ3v) is 1.16. The number of nitrogens with zero attached hydrogens (tertiary/aromatic N) is 2. The van der Waals surface area contributed by atoms with Crippen LogP contribution >= 0.6 is 0 Å². The van der Waals surface area contributed by atoms with E-state index in [4.69, 9.17) is 5.73 Å². The van der Waals surface area contributed by atoms with Crippen LogP contribution in [0.15, 0.2) is 4.99 Å². The van der Waals surface area contributed by atoms with Crippen molar-refractivity contribution in [2.45, 2.75) is 6.92 Å². The van der Waals surface area contributed by atoms with Gasteiger partial charge in [-0.15, -0.1) is 0 Å². The molecule has 0 aliphatic carbocycles. The third kappa shape index (κ3) is 0.710. The van der Waals surface area contributed by atoms with Gasteiger partial charge in [0, 0.05) is 0 Å². The van der Waals surface area contributed by atoms with Crippen LogP contribution in [0.25, 0.3) is 0 Å². The van der Waals surface area contributed by atoms with E-state index in [-0.39, 0.29) is 0 Å². The molecule has 0 fully saturated rings. The minimum absolute atomic E-state index is 0.627. The molecule has 0 spiro atoms. The SMILES string of the molecule is CC1=NC(N)=[N+](C)C1. The largest absolute Gasteiger partial charge is 0.384 e. The van der Waals surface area contributed by atoms with E-state index in [9.17, 15) is 0 Å². The fraction of sp³-hybridized carbons (Fsp3) is 0.600. The van der Waals surface area contributed by atoms with Gasteiger partial charge in [0.25, 0.3) is 0 Å². The smallest absolute Gasteiger partial charge is 0.288 e. The summed E-state index contributed by atoms with van der Waals surface area (Å²) in [4.78, 5) is 4.01. The lowest BCUT2D eigenvalue weighted by Gasteiger charge is -1.86. The molecule has 0 unspecified atom stereocenters. The Balaban J connectivity index is 2.79. The van der Waals surface area contributed by atoms with Crippen LogP contribution in [0.4, 0.5) is 0 Å². The normalized spacial score (nSPS) is 19.5. The van der Waals surface area contributed by atoms with Crippen LogP contribution in [0.2, 0.25) is 0 Å². The number of hydrogen-bond acceptors (Lipinski definition) is 2. The van der Waals surface area contributed by atoms with Gasteiger partial charge in [-0.25, -0.2) is 0 Å². The summed E-state index contributed by atoms with van der Waals surface area (Å²) in [6.45, 7) is 2.85. The molecular formula is C5H10N3+. The van der Waals surface area contributed by atoms with Gasteiger partial charge in [-0.2, -0.15) is 0 Å². The minimum Gasteiger partial charge on any atom is -0.288 e. The molecule has 0 aromatic heterocycles. The van der Waals surface area contributed by atoms with Crippen molar-refractivity contribution in [3.63, 3.8) is 0 Å². The van der Waals surface area contributed by atoms with Gasteiger partial charge in [0.05, 0.1) is 7.05 Å². The monoisotopic (exact) mass is 112 g/mol. The maximum atomic E-state index is 5.42. The van der Waals surface area contributed by atoms with Gasteiger partial charge in [0.2, 0.25) is 0 Å². The molecule has 44 valence electrons.